The minimum absolute atomic E-state index is 0.0669. The molecule has 102 valence electrons. The summed E-state index contributed by atoms with van der Waals surface area (Å²) in [7, 11) is 1.66. The van der Waals surface area contributed by atoms with Gasteiger partial charge in [0.25, 0.3) is 0 Å². The standard InChI is InChI=1S/C15H19NO3/c1-9-12-7-15(2,8-14(17)16-9)19-13-5-4-10(18-3)6-11(12)13/h4-6,9,12H,7-8H2,1-3H3,(H,16,17). The fourth-order valence-corrected chi connectivity index (χ4v) is 3.22. The number of benzene rings is 1. The summed E-state index contributed by atoms with van der Waals surface area (Å²) in [5.41, 5.74) is 0.729. The summed E-state index contributed by atoms with van der Waals surface area (Å²) in [6.45, 7) is 4.08. The maximum absolute atomic E-state index is 11.9. The van der Waals surface area contributed by atoms with Gasteiger partial charge in [-0.3, -0.25) is 4.79 Å². The van der Waals surface area contributed by atoms with Crippen LogP contribution in [0.5, 0.6) is 11.5 Å². The molecule has 0 saturated carbocycles. The van der Waals surface area contributed by atoms with Gasteiger partial charge in [0.1, 0.15) is 17.1 Å². The number of ether oxygens (including phenoxy) is 2. The number of hydrogen-bond donors (Lipinski definition) is 1. The first-order valence-electron chi connectivity index (χ1n) is 6.67. The molecule has 1 fully saturated rings. The number of fused-ring (bicyclic) bond motifs is 4. The molecule has 3 rings (SSSR count). The third-order valence-corrected chi connectivity index (χ3v) is 4.15. The van der Waals surface area contributed by atoms with E-state index in [2.05, 4.69) is 12.2 Å². The van der Waals surface area contributed by atoms with Gasteiger partial charge in [0, 0.05) is 17.5 Å². The maximum atomic E-state index is 11.9. The minimum atomic E-state index is -0.402. The SMILES string of the molecule is COc1ccc2c(c1)C1CC(C)(CC(=O)NC1C)O2. The highest BCUT2D eigenvalue weighted by atomic mass is 16.5. The van der Waals surface area contributed by atoms with Gasteiger partial charge in [0.15, 0.2) is 0 Å². The van der Waals surface area contributed by atoms with Gasteiger partial charge in [0.05, 0.1) is 13.5 Å². The van der Waals surface area contributed by atoms with Crippen LogP contribution in [0.3, 0.4) is 0 Å². The molecule has 2 bridgehead atoms. The Balaban J connectivity index is 2.09. The normalized spacial score (nSPS) is 32.7. The second kappa shape index (κ2) is 4.15. The number of nitrogens with one attached hydrogen (secondary N) is 1. The molecule has 4 heteroatoms. The van der Waals surface area contributed by atoms with E-state index in [0.29, 0.717) is 6.42 Å². The molecular weight excluding hydrogens is 242 g/mol. The van der Waals surface area contributed by atoms with Gasteiger partial charge in [-0.2, -0.15) is 0 Å². The van der Waals surface area contributed by atoms with E-state index in [4.69, 9.17) is 9.47 Å². The van der Waals surface area contributed by atoms with Crippen LogP contribution in [0.1, 0.15) is 38.2 Å². The largest absolute Gasteiger partial charge is 0.497 e. The highest BCUT2D eigenvalue weighted by Gasteiger charge is 2.44. The summed E-state index contributed by atoms with van der Waals surface area (Å²) in [5, 5.41) is 3.06. The molecule has 3 atom stereocenters. The van der Waals surface area contributed by atoms with E-state index >= 15 is 0 Å². The molecule has 0 spiro atoms. The molecule has 1 aromatic carbocycles. The molecule has 2 aliphatic rings. The predicted octanol–water partition coefficient (Wildman–Crippen LogP) is 2.23. The van der Waals surface area contributed by atoms with Gasteiger partial charge in [-0.25, -0.2) is 0 Å². The van der Waals surface area contributed by atoms with E-state index in [-0.39, 0.29) is 17.9 Å². The summed E-state index contributed by atoms with van der Waals surface area (Å²) in [6, 6.07) is 5.98. The van der Waals surface area contributed by atoms with E-state index in [9.17, 15) is 4.79 Å². The van der Waals surface area contributed by atoms with Crippen molar-refractivity contribution >= 4 is 5.91 Å². The molecule has 1 saturated heterocycles. The van der Waals surface area contributed by atoms with E-state index in [0.717, 1.165) is 23.5 Å². The zero-order valence-corrected chi connectivity index (χ0v) is 11.5. The van der Waals surface area contributed by atoms with Gasteiger partial charge in [0.2, 0.25) is 5.91 Å². The Morgan fingerprint density at radius 1 is 1.47 bits per heavy atom. The van der Waals surface area contributed by atoms with E-state index < -0.39 is 5.60 Å². The number of rotatable bonds is 1. The van der Waals surface area contributed by atoms with Crippen LogP contribution in [-0.2, 0) is 4.79 Å². The second-order valence-corrected chi connectivity index (χ2v) is 5.80. The lowest BCUT2D eigenvalue weighted by Crippen LogP contribution is -2.39. The Bertz CT molecular complexity index is 528. The van der Waals surface area contributed by atoms with Crippen molar-refractivity contribution < 1.29 is 14.3 Å². The smallest absolute Gasteiger partial charge is 0.224 e. The van der Waals surface area contributed by atoms with Crippen LogP contribution in [-0.4, -0.2) is 24.7 Å². The number of carbonyl (C=O) groups is 1. The summed E-state index contributed by atoms with van der Waals surface area (Å²) in [4.78, 5) is 11.9. The van der Waals surface area contributed by atoms with Gasteiger partial charge in [-0.05, 0) is 38.5 Å². The van der Waals surface area contributed by atoms with Crippen LogP contribution in [0.25, 0.3) is 0 Å². The van der Waals surface area contributed by atoms with E-state index in [1.165, 1.54) is 0 Å². The lowest BCUT2D eigenvalue weighted by atomic mass is 9.80. The molecule has 2 aliphatic heterocycles. The molecule has 1 amide bonds. The lowest BCUT2D eigenvalue weighted by molar-refractivity contribution is -0.124. The molecule has 1 aromatic rings. The van der Waals surface area contributed by atoms with Crippen molar-refractivity contribution in [3.05, 3.63) is 23.8 Å². The predicted molar refractivity (Wildman–Crippen MR) is 71.6 cm³/mol. The average molecular weight is 261 g/mol. The topological polar surface area (TPSA) is 47.6 Å². The van der Waals surface area contributed by atoms with Crippen molar-refractivity contribution in [3.8, 4) is 11.5 Å². The highest BCUT2D eigenvalue weighted by molar-refractivity contribution is 5.78. The lowest BCUT2D eigenvalue weighted by Gasteiger charge is -2.38. The monoisotopic (exact) mass is 261 g/mol. The maximum Gasteiger partial charge on any atom is 0.224 e. The van der Waals surface area contributed by atoms with Crippen molar-refractivity contribution in [1.29, 1.82) is 0 Å². The van der Waals surface area contributed by atoms with Crippen LogP contribution < -0.4 is 14.8 Å². The first-order chi connectivity index (χ1) is 9.00. The van der Waals surface area contributed by atoms with Crippen molar-refractivity contribution in [2.75, 3.05) is 7.11 Å². The third kappa shape index (κ3) is 2.05. The quantitative estimate of drug-likeness (QED) is 0.843. The van der Waals surface area contributed by atoms with Gasteiger partial charge >= 0.3 is 0 Å². The Hall–Kier alpha value is -1.71. The van der Waals surface area contributed by atoms with E-state index in [1.54, 1.807) is 7.11 Å². The number of carbonyl (C=O) groups excluding carboxylic acids is 1. The van der Waals surface area contributed by atoms with Crippen LogP contribution >= 0.6 is 0 Å². The highest BCUT2D eigenvalue weighted by Crippen LogP contribution is 2.46. The number of amides is 1. The van der Waals surface area contributed by atoms with Gasteiger partial charge in [-0.15, -0.1) is 0 Å². The fourth-order valence-electron chi connectivity index (χ4n) is 3.22. The van der Waals surface area contributed by atoms with Gasteiger partial charge in [-0.1, -0.05) is 0 Å². The van der Waals surface area contributed by atoms with Crippen molar-refractivity contribution in [2.45, 2.75) is 44.2 Å². The Morgan fingerprint density at radius 3 is 3.00 bits per heavy atom. The molecule has 0 aliphatic carbocycles. The Labute approximate surface area is 113 Å². The molecule has 19 heavy (non-hydrogen) atoms. The van der Waals surface area contributed by atoms with Crippen LogP contribution in [0.15, 0.2) is 18.2 Å². The summed E-state index contributed by atoms with van der Waals surface area (Å²) >= 11 is 0. The second-order valence-electron chi connectivity index (χ2n) is 5.80. The molecule has 0 aromatic heterocycles. The fraction of sp³-hybridized carbons (Fsp3) is 0.533. The molecule has 1 N–H and O–H groups in total. The van der Waals surface area contributed by atoms with Crippen LogP contribution in [0.2, 0.25) is 0 Å². The molecular formula is C15H19NO3. The third-order valence-electron chi connectivity index (χ3n) is 4.15. The summed E-state index contributed by atoms with van der Waals surface area (Å²) in [6.07, 6.45) is 1.27. The Kier molecular flexibility index (Phi) is 2.69. The molecule has 2 heterocycles. The number of methoxy groups -OCH3 is 1. The molecule has 4 nitrogen and oxygen atoms in total. The first-order valence-corrected chi connectivity index (χ1v) is 6.67. The van der Waals surface area contributed by atoms with E-state index in [1.807, 2.05) is 25.1 Å². The van der Waals surface area contributed by atoms with Crippen molar-refractivity contribution in [3.63, 3.8) is 0 Å². The zero-order valence-electron chi connectivity index (χ0n) is 11.5. The zero-order chi connectivity index (χ0) is 13.6. The summed E-state index contributed by atoms with van der Waals surface area (Å²) in [5.74, 6) is 2.05. The van der Waals surface area contributed by atoms with Gasteiger partial charge < -0.3 is 14.8 Å². The molecule has 0 radical (unpaired) electrons. The minimum Gasteiger partial charge on any atom is -0.497 e. The molecule has 3 unspecified atom stereocenters. The Morgan fingerprint density at radius 2 is 2.26 bits per heavy atom. The van der Waals surface area contributed by atoms with Crippen molar-refractivity contribution in [1.82, 2.24) is 5.32 Å². The first kappa shape index (κ1) is 12.3. The average Bonchev–Trinajstić information content (AvgIpc) is 2.44. The van der Waals surface area contributed by atoms with Crippen LogP contribution in [0, 0.1) is 0 Å². The van der Waals surface area contributed by atoms with Crippen molar-refractivity contribution in [2.24, 2.45) is 0 Å². The number of hydrogen-bond acceptors (Lipinski definition) is 3. The summed E-state index contributed by atoms with van der Waals surface area (Å²) < 4.78 is 11.4. The van der Waals surface area contributed by atoms with Crippen LogP contribution in [0.4, 0.5) is 0 Å².